The van der Waals surface area contributed by atoms with E-state index >= 15 is 0 Å². The number of methoxy groups -OCH3 is 1. The van der Waals surface area contributed by atoms with Crippen molar-refractivity contribution in [3.63, 3.8) is 0 Å². The van der Waals surface area contributed by atoms with E-state index in [-0.39, 0.29) is 5.78 Å². The molecule has 2 rings (SSSR count). The highest BCUT2D eigenvalue weighted by atomic mass is 16.5. The fraction of sp³-hybridized carbons (Fsp3) is 0.267. The van der Waals surface area contributed by atoms with Gasteiger partial charge in [0.15, 0.2) is 5.76 Å². The lowest BCUT2D eigenvalue weighted by Gasteiger charge is -2.09. The Morgan fingerprint density at radius 3 is 2.68 bits per heavy atom. The minimum absolute atomic E-state index is 0.171. The van der Waals surface area contributed by atoms with Gasteiger partial charge in [-0.3, -0.25) is 4.79 Å². The maximum absolute atomic E-state index is 12.4. The molecule has 0 saturated carbocycles. The maximum Gasteiger partial charge on any atom is 0.232 e. The van der Waals surface area contributed by atoms with Gasteiger partial charge >= 0.3 is 0 Å². The first-order valence-electron chi connectivity index (χ1n) is 6.03. The Morgan fingerprint density at radius 2 is 2.00 bits per heavy atom. The normalized spacial score (nSPS) is 10.4. The van der Waals surface area contributed by atoms with E-state index in [1.807, 2.05) is 13.0 Å². The molecule has 0 amide bonds. The first kappa shape index (κ1) is 13.4. The summed E-state index contributed by atoms with van der Waals surface area (Å²) in [4.78, 5) is 12.4. The number of carbonyl (C=O) groups excluding carboxylic acids is 1. The summed E-state index contributed by atoms with van der Waals surface area (Å²) in [6.45, 7) is 2.71. The standard InChI is InChI=1S/C15H16O4/c1-11-7-8-19-15(11)14(16)12-5-3-4-6-13(12)18-10-9-17-2/h3-8H,9-10H2,1-2H3. The third-order valence-electron chi connectivity index (χ3n) is 2.75. The zero-order valence-electron chi connectivity index (χ0n) is 11.0. The van der Waals surface area contributed by atoms with Crippen LogP contribution in [0.2, 0.25) is 0 Å². The summed E-state index contributed by atoms with van der Waals surface area (Å²) in [5.41, 5.74) is 1.31. The van der Waals surface area contributed by atoms with Crippen LogP contribution in [-0.2, 0) is 4.74 Å². The van der Waals surface area contributed by atoms with E-state index in [1.165, 1.54) is 6.26 Å². The number of ether oxygens (including phenoxy) is 2. The number of aryl methyl sites for hydroxylation is 1. The zero-order chi connectivity index (χ0) is 13.7. The molecule has 1 heterocycles. The summed E-state index contributed by atoms with van der Waals surface area (Å²) >= 11 is 0. The van der Waals surface area contributed by atoms with Crippen molar-refractivity contribution in [1.82, 2.24) is 0 Å². The highest BCUT2D eigenvalue weighted by Gasteiger charge is 2.18. The Morgan fingerprint density at radius 1 is 1.21 bits per heavy atom. The number of furan rings is 1. The second-order valence-corrected chi connectivity index (χ2v) is 4.10. The van der Waals surface area contributed by atoms with Crippen LogP contribution in [0.4, 0.5) is 0 Å². The van der Waals surface area contributed by atoms with Crippen LogP contribution in [0, 0.1) is 6.92 Å². The molecule has 4 heteroatoms. The lowest BCUT2D eigenvalue weighted by molar-refractivity contribution is 0.1000. The smallest absolute Gasteiger partial charge is 0.232 e. The third-order valence-corrected chi connectivity index (χ3v) is 2.75. The van der Waals surface area contributed by atoms with Gasteiger partial charge in [0.25, 0.3) is 0 Å². The average molecular weight is 260 g/mol. The van der Waals surface area contributed by atoms with Gasteiger partial charge in [0, 0.05) is 7.11 Å². The number of hydrogen-bond donors (Lipinski definition) is 0. The molecule has 0 spiro atoms. The number of benzene rings is 1. The van der Waals surface area contributed by atoms with E-state index in [9.17, 15) is 4.79 Å². The maximum atomic E-state index is 12.4. The molecule has 2 aromatic rings. The van der Waals surface area contributed by atoms with E-state index in [1.54, 1.807) is 31.4 Å². The molecule has 0 fully saturated rings. The predicted molar refractivity (Wildman–Crippen MR) is 70.7 cm³/mol. The van der Waals surface area contributed by atoms with Gasteiger partial charge in [0.2, 0.25) is 5.78 Å². The summed E-state index contributed by atoms with van der Waals surface area (Å²) in [6, 6.07) is 8.89. The molecular formula is C15H16O4. The van der Waals surface area contributed by atoms with Crippen molar-refractivity contribution < 1.29 is 18.7 Å². The summed E-state index contributed by atoms with van der Waals surface area (Å²) in [7, 11) is 1.60. The second-order valence-electron chi connectivity index (χ2n) is 4.10. The Hall–Kier alpha value is -2.07. The average Bonchev–Trinajstić information content (AvgIpc) is 2.85. The molecule has 0 aliphatic heterocycles. The Balaban J connectivity index is 2.24. The fourth-order valence-corrected chi connectivity index (χ4v) is 1.74. The molecule has 1 aromatic heterocycles. The van der Waals surface area contributed by atoms with Crippen molar-refractivity contribution >= 4 is 5.78 Å². The van der Waals surface area contributed by atoms with Crippen LogP contribution >= 0.6 is 0 Å². The number of rotatable bonds is 6. The molecule has 0 radical (unpaired) electrons. The van der Waals surface area contributed by atoms with E-state index in [0.29, 0.717) is 30.3 Å². The molecular weight excluding hydrogens is 244 g/mol. The lowest BCUT2D eigenvalue weighted by atomic mass is 10.1. The zero-order valence-corrected chi connectivity index (χ0v) is 11.0. The first-order valence-corrected chi connectivity index (χ1v) is 6.03. The summed E-state index contributed by atoms with van der Waals surface area (Å²) in [5, 5.41) is 0. The highest BCUT2D eigenvalue weighted by Crippen LogP contribution is 2.23. The van der Waals surface area contributed by atoms with Gasteiger partial charge in [-0.1, -0.05) is 12.1 Å². The van der Waals surface area contributed by atoms with E-state index in [4.69, 9.17) is 13.9 Å². The highest BCUT2D eigenvalue weighted by molar-refractivity contribution is 6.09. The van der Waals surface area contributed by atoms with Gasteiger partial charge in [0.1, 0.15) is 12.4 Å². The molecule has 0 saturated heterocycles. The minimum atomic E-state index is -0.171. The lowest BCUT2D eigenvalue weighted by Crippen LogP contribution is -2.09. The third kappa shape index (κ3) is 3.03. The monoisotopic (exact) mass is 260 g/mol. The van der Waals surface area contributed by atoms with Gasteiger partial charge in [-0.25, -0.2) is 0 Å². The van der Waals surface area contributed by atoms with Crippen LogP contribution < -0.4 is 4.74 Å². The minimum Gasteiger partial charge on any atom is -0.490 e. The molecule has 0 aliphatic carbocycles. The molecule has 100 valence electrons. The second kappa shape index (κ2) is 6.20. The summed E-state index contributed by atoms with van der Waals surface area (Å²) in [6.07, 6.45) is 1.51. The Labute approximate surface area is 111 Å². The van der Waals surface area contributed by atoms with Gasteiger partial charge in [-0.05, 0) is 30.7 Å². The molecule has 1 aromatic carbocycles. The van der Waals surface area contributed by atoms with Crippen molar-refractivity contribution in [2.45, 2.75) is 6.92 Å². The van der Waals surface area contributed by atoms with Crippen molar-refractivity contribution in [2.75, 3.05) is 20.3 Å². The predicted octanol–water partition coefficient (Wildman–Crippen LogP) is 2.84. The SMILES string of the molecule is COCCOc1ccccc1C(=O)c1occc1C. The van der Waals surface area contributed by atoms with Crippen molar-refractivity contribution in [2.24, 2.45) is 0 Å². The molecule has 0 bridgehead atoms. The van der Waals surface area contributed by atoms with Crippen LogP contribution in [0.25, 0.3) is 0 Å². The van der Waals surface area contributed by atoms with Crippen LogP contribution in [0.15, 0.2) is 41.0 Å². The summed E-state index contributed by atoms with van der Waals surface area (Å²) in [5.74, 6) is 0.721. The van der Waals surface area contributed by atoms with Crippen molar-refractivity contribution in [1.29, 1.82) is 0 Å². The van der Waals surface area contributed by atoms with Gasteiger partial charge in [-0.2, -0.15) is 0 Å². The number of para-hydroxylation sites is 1. The number of carbonyl (C=O) groups is 1. The van der Waals surface area contributed by atoms with E-state index in [0.717, 1.165) is 5.56 Å². The van der Waals surface area contributed by atoms with Crippen molar-refractivity contribution in [3.8, 4) is 5.75 Å². The van der Waals surface area contributed by atoms with Crippen LogP contribution in [0.1, 0.15) is 21.7 Å². The number of ketones is 1. The largest absolute Gasteiger partial charge is 0.490 e. The molecule has 0 atom stereocenters. The quantitative estimate of drug-likeness (QED) is 0.592. The molecule has 0 unspecified atom stereocenters. The van der Waals surface area contributed by atoms with Gasteiger partial charge in [-0.15, -0.1) is 0 Å². The molecule has 0 N–H and O–H groups in total. The molecule has 4 nitrogen and oxygen atoms in total. The molecule has 19 heavy (non-hydrogen) atoms. The topological polar surface area (TPSA) is 48.7 Å². The van der Waals surface area contributed by atoms with Gasteiger partial charge in [0.05, 0.1) is 18.4 Å². The Kier molecular flexibility index (Phi) is 4.36. The number of hydrogen-bond acceptors (Lipinski definition) is 4. The van der Waals surface area contributed by atoms with E-state index < -0.39 is 0 Å². The summed E-state index contributed by atoms with van der Waals surface area (Å²) < 4.78 is 15.7. The Bertz CT molecular complexity index is 557. The fourth-order valence-electron chi connectivity index (χ4n) is 1.74. The van der Waals surface area contributed by atoms with Crippen molar-refractivity contribution in [3.05, 3.63) is 53.5 Å². The first-order chi connectivity index (χ1) is 9.24. The van der Waals surface area contributed by atoms with Crippen LogP contribution in [0.5, 0.6) is 5.75 Å². The molecule has 0 aliphatic rings. The van der Waals surface area contributed by atoms with E-state index in [2.05, 4.69) is 0 Å². The van der Waals surface area contributed by atoms with Gasteiger partial charge < -0.3 is 13.9 Å². The van der Waals surface area contributed by atoms with Crippen LogP contribution in [0.3, 0.4) is 0 Å². The van der Waals surface area contributed by atoms with Crippen LogP contribution in [-0.4, -0.2) is 26.1 Å².